The first-order valence-electron chi connectivity index (χ1n) is 9.44. The molecule has 1 N–H and O–H groups in total. The molecule has 1 atom stereocenters. The predicted octanol–water partition coefficient (Wildman–Crippen LogP) is 5.91. The summed E-state index contributed by atoms with van der Waals surface area (Å²) in [5, 5.41) is -0.516. The summed E-state index contributed by atoms with van der Waals surface area (Å²) in [6.45, 7) is -0.340. The molecule has 0 radical (unpaired) electrons. The summed E-state index contributed by atoms with van der Waals surface area (Å²) in [5.41, 5.74) is -1.27. The van der Waals surface area contributed by atoms with Gasteiger partial charge in [0, 0.05) is 17.2 Å². The van der Waals surface area contributed by atoms with Crippen molar-refractivity contribution in [2.75, 3.05) is 17.9 Å². The van der Waals surface area contributed by atoms with Gasteiger partial charge in [-0.15, -0.1) is 0 Å². The molecule has 4 rings (SSSR count). The van der Waals surface area contributed by atoms with E-state index in [1.54, 1.807) is 18.2 Å². The van der Waals surface area contributed by atoms with Gasteiger partial charge in [-0.3, -0.25) is 4.72 Å². The van der Waals surface area contributed by atoms with Crippen molar-refractivity contribution < 1.29 is 36.0 Å². The Bertz CT molecular complexity index is 1270. The third-order valence-electron chi connectivity index (χ3n) is 4.76. The van der Waals surface area contributed by atoms with Gasteiger partial charge in [-0.2, -0.15) is 0 Å². The van der Waals surface area contributed by atoms with Crippen LogP contribution < -0.4 is 9.46 Å². The van der Waals surface area contributed by atoms with Gasteiger partial charge in [-0.25, -0.2) is 26.6 Å². The van der Waals surface area contributed by atoms with Gasteiger partial charge in [0.2, 0.25) is 0 Å². The first-order chi connectivity index (χ1) is 15.8. The molecular weight excluding hydrogens is 486 g/mol. The van der Waals surface area contributed by atoms with Crippen molar-refractivity contribution in [2.24, 2.45) is 0 Å². The molecule has 1 heterocycles. The monoisotopic (exact) mass is 499 g/mol. The van der Waals surface area contributed by atoms with Crippen LogP contribution in [0.4, 0.5) is 23.2 Å². The molecule has 3 aromatic rings. The Hall–Kier alpha value is -3.11. The Kier molecular flexibility index (Phi) is 6.57. The fraction of sp³-hybridized carbons (Fsp3) is 0.136. The number of alkyl halides is 2. The van der Waals surface area contributed by atoms with Crippen LogP contribution in [0.1, 0.15) is 22.3 Å². The Morgan fingerprint density at radius 3 is 2.45 bits per heavy atom. The number of rotatable bonds is 1. The molecule has 11 heteroatoms. The van der Waals surface area contributed by atoms with E-state index in [-0.39, 0.29) is 35.7 Å². The van der Waals surface area contributed by atoms with Crippen molar-refractivity contribution in [3.05, 3.63) is 76.3 Å². The summed E-state index contributed by atoms with van der Waals surface area (Å²) in [7, 11) is -2.49. The summed E-state index contributed by atoms with van der Waals surface area (Å²) in [5.74, 6) is -2.72. The van der Waals surface area contributed by atoms with E-state index in [9.17, 15) is 26.6 Å². The number of hydrogen-bond donors (Lipinski definition) is 1. The van der Waals surface area contributed by atoms with E-state index in [0.29, 0.717) is 6.07 Å². The molecule has 172 valence electrons. The van der Waals surface area contributed by atoms with Crippen molar-refractivity contribution in [3.63, 3.8) is 0 Å². The van der Waals surface area contributed by atoms with E-state index in [0.717, 1.165) is 18.2 Å². The molecule has 0 amide bonds. The van der Waals surface area contributed by atoms with Gasteiger partial charge in [0.25, 0.3) is 6.43 Å². The van der Waals surface area contributed by atoms with Crippen molar-refractivity contribution in [1.82, 2.24) is 0 Å². The minimum Gasteiger partial charge on any atom is -0.489 e. The van der Waals surface area contributed by atoms with Crippen LogP contribution in [0.2, 0.25) is 5.02 Å². The van der Waals surface area contributed by atoms with Crippen molar-refractivity contribution >= 4 is 34.2 Å². The molecule has 1 aliphatic heterocycles. The van der Waals surface area contributed by atoms with Crippen molar-refractivity contribution in [3.8, 4) is 16.9 Å². The van der Waals surface area contributed by atoms with Crippen LogP contribution in [0.15, 0.2) is 53.4 Å². The van der Waals surface area contributed by atoms with E-state index < -0.39 is 56.2 Å². The molecule has 4 bridgehead atoms. The second-order valence-electron chi connectivity index (χ2n) is 6.83. The van der Waals surface area contributed by atoms with Crippen LogP contribution in [0, 0.1) is 11.6 Å². The lowest BCUT2D eigenvalue weighted by molar-refractivity contribution is 0.0450. The van der Waals surface area contributed by atoms with Crippen LogP contribution in [0.3, 0.4) is 0 Å². The lowest BCUT2D eigenvalue weighted by Gasteiger charge is -2.15. The van der Waals surface area contributed by atoms with Crippen LogP contribution in [-0.2, 0) is 15.7 Å². The van der Waals surface area contributed by atoms with Crippen LogP contribution >= 0.6 is 11.6 Å². The number of benzene rings is 3. The maximum Gasteiger partial charge on any atom is 0.338 e. The molecule has 3 aromatic carbocycles. The lowest BCUT2D eigenvalue weighted by Crippen LogP contribution is -2.14. The fourth-order valence-corrected chi connectivity index (χ4v) is 4.71. The molecule has 5 nitrogen and oxygen atoms in total. The number of carbonyl (C=O) groups is 1. The highest BCUT2D eigenvalue weighted by Crippen LogP contribution is 2.37. The zero-order chi connectivity index (χ0) is 23.7. The molecule has 0 fully saturated rings. The summed E-state index contributed by atoms with van der Waals surface area (Å²) < 4.78 is 82.4. The van der Waals surface area contributed by atoms with Crippen LogP contribution in [0.5, 0.6) is 5.75 Å². The number of anilines is 1. The molecular formula is C22H14ClF4NO4S. The Balaban J connectivity index is 1.90. The standard InChI is InChI=1S/C22H14ClF4NO4S/c23-14-7-11-8-19(20(14)21(26)27)33(30)28-17-9-13(15(24)10-16(17)25)12-3-1-2-4-18(12)31-5-6-32-22(11)29/h1-4,7-10,21,28H,5-6H2. The Labute approximate surface area is 192 Å². The maximum atomic E-state index is 14.6. The average Bonchev–Trinajstić information content (AvgIpc) is 2.77. The highest BCUT2D eigenvalue weighted by atomic mass is 35.5. The lowest BCUT2D eigenvalue weighted by atomic mass is 10.0. The van der Waals surface area contributed by atoms with E-state index >= 15 is 0 Å². The van der Waals surface area contributed by atoms with Crippen LogP contribution in [-0.4, -0.2) is 23.4 Å². The molecule has 0 saturated carbocycles. The summed E-state index contributed by atoms with van der Waals surface area (Å²) >= 11 is 5.93. The number of fused-ring (bicyclic) bond motifs is 6. The predicted molar refractivity (Wildman–Crippen MR) is 114 cm³/mol. The first-order valence-corrected chi connectivity index (χ1v) is 11.0. The number of para-hydroxylation sites is 1. The highest BCUT2D eigenvalue weighted by Gasteiger charge is 2.26. The number of halogens is 5. The number of cyclic esters (lactones) is 1. The third kappa shape index (κ3) is 4.67. The minimum atomic E-state index is -3.14. The Morgan fingerprint density at radius 1 is 0.970 bits per heavy atom. The SMILES string of the molecule is O=C1OCCOc2ccccc2-c2cc(c(F)cc2F)NS(=O)c2cc1cc(Cl)c2C(F)F. The first kappa shape index (κ1) is 23.1. The van der Waals surface area contributed by atoms with E-state index in [2.05, 4.69) is 4.72 Å². The number of hydrogen-bond acceptors (Lipinski definition) is 4. The number of nitrogens with one attached hydrogen (secondary N) is 1. The molecule has 0 spiro atoms. The van der Waals surface area contributed by atoms with Gasteiger partial charge >= 0.3 is 5.97 Å². The zero-order valence-electron chi connectivity index (χ0n) is 16.5. The largest absolute Gasteiger partial charge is 0.489 e. The Morgan fingerprint density at radius 2 is 1.70 bits per heavy atom. The molecule has 0 aromatic heterocycles. The van der Waals surface area contributed by atoms with Gasteiger partial charge < -0.3 is 9.47 Å². The summed E-state index contributed by atoms with van der Waals surface area (Å²) in [6.07, 6.45) is -3.14. The number of ether oxygens (including phenoxy) is 2. The van der Waals surface area contributed by atoms with Crippen molar-refractivity contribution in [2.45, 2.75) is 11.3 Å². The van der Waals surface area contributed by atoms with E-state index in [4.69, 9.17) is 21.1 Å². The average molecular weight is 500 g/mol. The van der Waals surface area contributed by atoms with E-state index in [1.165, 1.54) is 6.07 Å². The maximum absolute atomic E-state index is 14.6. The van der Waals surface area contributed by atoms with Gasteiger partial charge in [-0.1, -0.05) is 29.8 Å². The normalized spacial score (nSPS) is 16.1. The zero-order valence-corrected chi connectivity index (χ0v) is 18.1. The number of carbonyl (C=O) groups excluding carboxylic acids is 1. The smallest absolute Gasteiger partial charge is 0.338 e. The minimum absolute atomic E-state index is 0.0840. The van der Waals surface area contributed by atoms with Gasteiger partial charge in [-0.05, 0) is 24.3 Å². The molecule has 0 saturated heterocycles. The molecule has 0 aliphatic carbocycles. The molecule has 1 unspecified atom stereocenters. The molecule has 33 heavy (non-hydrogen) atoms. The highest BCUT2D eigenvalue weighted by molar-refractivity contribution is 7.86. The summed E-state index contributed by atoms with van der Waals surface area (Å²) in [4.78, 5) is 11.9. The third-order valence-corrected chi connectivity index (χ3v) is 6.21. The second-order valence-corrected chi connectivity index (χ2v) is 8.42. The van der Waals surface area contributed by atoms with E-state index in [1.807, 2.05) is 0 Å². The summed E-state index contributed by atoms with van der Waals surface area (Å²) in [6, 6.07) is 9.83. The van der Waals surface area contributed by atoms with Gasteiger partial charge in [0.05, 0.1) is 26.7 Å². The van der Waals surface area contributed by atoms with Crippen LogP contribution in [0.25, 0.3) is 11.1 Å². The second kappa shape index (κ2) is 9.40. The van der Waals surface area contributed by atoms with Gasteiger partial charge in [0.15, 0.2) is 11.0 Å². The fourth-order valence-electron chi connectivity index (χ4n) is 3.25. The number of esters is 1. The van der Waals surface area contributed by atoms with Gasteiger partial charge in [0.1, 0.15) is 30.6 Å². The van der Waals surface area contributed by atoms with Crippen molar-refractivity contribution in [1.29, 1.82) is 0 Å². The topological polar surface area (TPSA) is 64.6 Å². The quantitative estimate of drug-likeness (QED) is 0.334. The molecule has 1 aliphatic rings.